The Balaban J connectivity index is 1.68. The average molecular weight is 313 g/mol. The highest BCUT2D eigenvalue weighted by atomic mass is 16.2. The molecule has 7 nitrogen and oxygen atoms in total. The number of amides is 4. The molecule has 2 heterocycles. The lowest BCUT2D eigenvalue weighted by atomic mass is 10.0. The van der Waals surface area contributed by atoms with Crippen LogP contribution < -0.4 is 10.6 Å². The van der Waals surface area contributed by atoms with E-state index in [0.29, 0.717) is 6.54 Å². The highest BCUT2D eigenvalue weighted by Gasteiger charge is 2.42. The van der Waals surface area contributed by atoms with Crippen molar-refractivity contribution in [2.75, 3.05) is 0 Å². The molecular weight excluding hydrogens is 298 g/mol. The van der Waals surface area contributed by atoms with E-state index in [1.54, 1.807) is 0 Å². The smallest absolute Gasteiger partial charge is 0.277 e. The van der Waals surface area contributed by atoms with Crippen molar-refractivity contribution >= 4 is 23.6 Å². The van der Waals surface area contributed by atoms with Crippen molar-refractivity contribution in [3.63, 3.8) is 0 Å². The van der Waals surface area contributed by atoms with Gasteiger partial charge in [0, 0.05) is 19.0 Å². The van der Waals surface area contributed by atoms with Gasteiger partial charge >= 0.3 is 0 Å². The molecule has 2 N–H and O–H groups in total. The van der Waals surface area contributed by atoms with Crippen LogP contribution >= 0.6 is 0 Å². The monoisotopic (exact) mass is 313 g/mol. The molecule has 1 fully saturated rings. The Kier molecular flexibility index (Phi) is 3.92. The number of piperidine rings is 1. The first-order valence-electron chi connectivity index (χ1n) is 7.27. The quantitative estimate of drug-likeness (QED) is 0.753. The Labute approximate surface area is 132 Å². The first-order chi connectivity index (χ1) is 11.1. The summed E-state index contributed by atoms with van der Waals surface area (Å²) in [5, 5.41) is 5.07. The van der Waals surface area contributed by atoms with Gasteiger partial charge in [-0.15, -0.1) is 0 Å². The summed E-state index contributed by atoms with van der Waals surface area (Å²) in [4.78, 5) is 48.4. The molecule has 1 aromatic carbocycles. The third kappa shape index (κ3) is 2.98. The number of nitrogens with zero attached hydrogens (tertiary/aromatic N) is 1. The largest absolute Gasteiger partial charge is 0.376 e. The van der Waals surface area contributed by atoms with Crippen molar-refractivity contribution in [1.82, 2.24) is 15.5 Å². The van der Waals surface area contributed by atoms with Crippen LogP contribution in [0, 0.1) is 0 Å². The van der Waals surface area contributed by atoms with E-state index in [2.05, 4.69) is 10.6 Å². The number of nitrogens with one attached hydrogen (secondary N) is 2. The van der Waals surface area contributed by atoms with Crippen molar-refractivity contribution in [2.24, 2.45) is 0 Å². The zero-order chi connectivity index (χ0) is 16.4. The molecule has 3 rings (SSSR count). The maximum atomic E-state index is 12.4. The minimum Gasteiger partial charge on any atom is -0.376 e. The van der Waals surface area contributed by atoms with Gasteiger partial charge in [0.05, 0.1) is 0 Å². The molecule has 0 aromatic heterocycles. The lowest BCUT2D eigenvalue weighted by Gasteiger charge is -2.28. The first kappa shape index (κ1) is 15.0. The van der Waals surface area contributed by atoms with E-state index in [-0.39, 0.29) is 24.4 Å². The number of imide groups is 2. The van der Waals surface area contributed by atoms with Gasteiger partial charge < -0.3 is 5.32 Å². The highest BCUT2D eigenvalue weighted by molar-refractivity contribution is 6.18. The van der Waals surface area contributed by atoms with Crippen molar-refractivity contribution in [2.45, 2.75) is 25.4 Å². The van der Waals surface area contributed by atoms with Crippen LogP contribution in [-0.2, 0) is 25.7 Å². The lowest BCUT2D eigenvalue weighted by molar-refractivity contribution is -0.149. The van der Waals surface area contributed by atoms with Gasteiger partial charge in [-0.3, -0.25) is 29.4 Å². The number of hydrogen-bond acceptors (Lipinski definition) is 5. The SMILES string of the molecule is O=C1CCC(N2C(=O)C=C(NCc3ccccc3)C2=O)C(=O)N1. The summed E-state index contributed by atoms with van der Waals surface area (Å²) in [7, 11) is 0. The molecule has 0 saturated carbocycles. The minimum atomic E-state index is -0.931. The molecule has 0 bridgehead atoms. The number of rotatable bonds is 4. The normalized spacial score (nSPS) is 21.3. The van der Waals surface area contributed by atoms with Crippen LogP contribution in [0.3, 0.4) is 0 Å². The summed E-state index contributed by atoms with van der Waals surface area (Å²) >= 11 is 0. The molecule has 118 valence electrons. The van der Waals surface area contributed by atoms with Crippen LogP contribution in [0.5, 0.6) is 0 Å². The standard InChI is InChI=1S/C16H15N3O4/c20-13-7-6-12(15(22)18-13)19-14(21)8-11(16(19)23)17-9-10-4-2-1-3-5-10/h1-5,8,12,17H,6-7,9H2,(H,18,20,22). The lowest BCUT2D eigenvalue weighted by Crippen LogP contribution is -2.54. The molecule has 1 saturated heterocycles. The summed E-state index contributed by atoms with van der Waals surface area (Å²) in [6.45, 7) is 0.398. The summed E-state index contributed by atoms with van der Waals surface area (Å²) in [5.74, 6) is -2.08. The number of carbonyl (C=O) groups excluding carboxylic acids is 4. The van der Waals surface area contributed by atoms with Gasteiger partial charge in [0.15, 0.2) is 0 Å². The zero-order valence-corrected chi connectivity index (χ0v) is 12.2. The maximum absolute atomic E-state index is 12.4. The average Bonchev–Trinajstić information content (AvgIpc) is 2.81. The molecule has 4 amide bonds. The molecule has 0 aliphatic carbocycles. The Morgan fingerprint density at radius 2 is 1.87 bits per heavy atom. The molecule has 7 heteroatoms. The summed E-state index contributed by atoms with van der Waals surface area (Å²) in [6.07, 6.45) is 1.46. The molecule has 0 spiro atoms. The molecule has 1 aromatic rings. The van der Waals surface area contributed by atoms with Crippen LogP contribution in [0.2, 0.25) is 0 Å². The molecule has 2 aliphatic rings. The van der Waals surface area contributed by atoms with Crippen LogP contribution in [0.25, 0.3) is 0 Å². The van der Waals surface area contributed by atoms with E-state index < -0.39 is 23.8 Å². The number of hydrogen-bond donors (Lipinski definition) is 2. The second-order valence-electron chi connectivity index (χ2n) is 5.38. The van der Waals surface area contributed by atoms with Gasteiger partial charge in [-0.2, -0.15) is 0 Å². The van der Waals surface area contributed by atoms with Gasteiger partial charge in [-0.05, 0) is 12.0 Å². The Morgan fingerprint density at radius 3 is 2.57 bits per heavy atom. The number of benzene rings is 1. The van der Waals surface area contributed by atoms with E-state index in [1.165, 1.54) is 6.08 Å². The van der Waals surface area contributed by atoms with Crippen LogP contribution in [-0.4, -0.2) is 34.6 Å². The zero-order valence-electron chi connectivity index (χ0n) is 12.2. The Morgan fingerprint density at radius 1 is 1.13 bits per heavy atom. The predicted molar refractivity (Wildman–Crippen MR) is 79.4 cm³/mol. The molecule has 1 unspecified atom stereocenters. The van der Waals surface area contributed by atoms with Crippen molar-refractivity contribution in [3.8, 4) is 0 Å². The van der Waals surface area contributed by atoms with Crippen molar-refractivity contribution < 1.29 is 19.2 Å². The third-order valence-electron chi connectivity index (χ3n) is 3.80. The summed E-state index contributed by atoms with van der Waals surface area (Å²) in [6, 6.07) is 8.50. The van der Waals surface area contributed by atoms with Crippen LogP contribution in [0.15, 0.2) is 42.1 Å². The molecular formula is C16H15N3O4. The van der Waals surface area contributed by atoms with E-state index in [9.17, 15) is 19.2 Å². The second-order valence-corrected chi connectivity index (χ2v) is 5.38. The van der Waals surface area contributed by atoms with Gasteiger partial charge in [0.2, 0.25) is 11.8 Å². The Bertz CT molecular complexity index is 711. The van der Waals surface area contributed by atoms with Crippen molar-refractivity contribution in [1.29, 1.82) is 0 Å². The maximum Gasteiger partial charge on any atom is 0.277 e. The van der Waals surface area contributed by atoms with Crippen LogP contribution in [0.4, 0.5) is 0 Å². The van der Waals surface area contributed by atoms with Gasteiger partial charge in [-0.1, -0.05) is 30.3 Å². The highest BCUT2D eigenvalue weighted by Crippen LogP contribution is 2.20. The first-order valence-corrected chi connectivity index (χ1v) is 7.27. The van der Waals surface area contributed by atoms with Gasteiger partial charge in [0.1, 0.15) is 11.7 Å². The Hall–Kier alpha value is -2.96. The summed E-state index contributed by atoms with van der Waals surface area (Å²) in [5.41, 5.74) is 1.12. The minimum absolute atomic E-state index is 0.111. The van der Waals surface area contributed by atoms with E-state index in [4.69, 9.17) is 0 Å². The van der Waals surface area contributed by atoms with E-state index in [1.807, 2.05) is 30.3 Å². The second kappa shape index (κ2) is 6.04. The van der Waals surface area contributed by atoms with Crippen molar-refractivity contribution in [3.05, 3.63) is 47.7 Å². The van der Waals surface area contributed by atoms with Gasteiger partial charge in [-0.25, -0.2) is 0 Å². The van der Waals surface area contributed by atoms with Crippen LogP contribution in [0.1, 0.15) is 18.4 Å². The predicted octanol–water partition coefficient (Wildman–Crippen LogP) is -0.166. The van der Waals surface area contributed by atoms with E-state index >= 15 is 0 Å². The van der Waals surface area contributed by atoms with Gasteiger partial charge in [0.25, 0.3) is 11.8 Å². The molecule has 0 radical (unpaired) electrons. The van der Waals surface area contributed by atoms with E-state index in [0.717, 1.165) is 10.5 Å². The fraction of sp³-hybridized carbons (Fsp3) is 0.250. The summed E-state index contributed by atoms with van der Waals surface area (Å²) < 4.78 is 0. The fourth-order valence-electron chi connectivity index (χ4n) is 2.63. The topological polar surface area (TPSA) is 95.6 Å². The molecule has 23 heavy (non-hydrogen) atoms. The fourth-order valence-corrected chi connectivity index (χ4v) is 2.63. The third-order valence-corrected chi connectivity index (χ3v) is 3.80. The molecule has 1 atom stereocenters. The number of carbonyl (C=O) groups is 4. The molecule has 2 aliphatic heterocycles.